The minimum Gasteiger partial charge on any atom is -0.367 e. The van der Waals surface area contributed by atoms with Crippen LogP contribution < -0.4 is 10.6 Å². The minimum atomic E-state index is -0.323. The molecule has 0 bridgehead atoms. The summed E-state index contributed by atoms with van der Waals surface area (Å²) in [6.45, 7) is 11.4. The van der Waals surface area contributed by atoms with Crippen molar-refractivity contribution in [3.8, 4) is 0 Å². The summed E-state index contributed by atoms with van der Waals surface area (Å²) < 4.78 is 17.9. The van der Waals surface area contributed by atoms with Crippen molar-refractivity contribution in [1.82, 2.24) is 10.6 Å². The van der Waals surface area contributed by atoms with Gasteiger partial charge in [0.05, 0.1) is 47.0 Å². The number of epoxide rings is 3. The van der Waals surface area contributed by atoms with Crippen LogP contribution in [0.2, 0.25) is 0 Å². The van der Waals surface area contributed by atoms with Crippen LogP contribution in [0.25, 0.3) is 0 Å². The molecule has 2 amide bonds. The summed E-state index contributed by atoms with van der Waals surface area (Å²) in [5.41, 5.74) is -0.279. The third kappa shape index (κ3) is 4.26. The highest BCUT2D eigenvalue weighted by molar-refractivity contribution is 5.88. The number of rotatable bonds is 10. The van der Waals surface area contributed by atoms with Crippen molar-refractivity contribution in [2.45, 2.75) is 108 Å². The zero-order chi connectivity index (χ0) is 21.7. The Balaban J connectivity index is 1.30. The standard InChI is InChI=1S/C23H38N2O5/c1-6-24-19(26)14-12-18-23(30-18,13-15(14)20(27)25-7-2)11-9-17-22(5,29-17)10-8-16-21(3,4)28-16/h14-18H,6-13H2,1-5H3,(H,24,26)(H,25,27). The van der Waals surface area contributed by atoms with E-state index in [-0.39, 0.29) is 52.7 Å². The highest BCUT2D eigenvalue weighted by Gasteiger charge is 2.64. The molecule has 0 radical (unpaired) electrons. The van der Waals surface area contributed by atoms with E-state index in [0.717, 1.165) is 25.7 Å². The van der Waals surface area contributed by atoms with Gasteiger partial charge in [-0.15, -0.1) is 0 Å². The van der Waals surface area contributed by atoms with Crippen LogP contribution in [0, 0.1) is 11.8 Å². The fraction of sp³-hybridized carbons (Fsp3) is 0.913. The summed E-state index contributed by atoms with van der Waals surface area (Å²) >= 11 is 0. The lowest BCUT2D eigenvalue weighted by Crippen LogP contribution is -2.47. The van der Waals surface area contributed by atoms with Gasteiger partial charge in [-0.2, -0.15) is 0 Å². The number of carbonyl (C=O) groups is 2. The molecule has 0 spiro atoms. The Morgan fingerprint density at radius 2 is 1.47 bits per heavy atom. The summed E-state index contributed by atoms with van der Waals surface area (Å²) in [5.74, 6) is -0.680. The summed E-state index contributed by atoms with van der Waals surface area (Å²) in [5, 5.41) is 5.81. The van der Waals surface area contributed by atoms with E-state index in [4.69, 9.17) is 14.2 Å². The molecule has 7 nitrogen and oxygen atoms in total. The first-order chi connectivity index (χ1) is 14.1. The molecule has 7 atom stereocenters. The van der Waals surface area contributed by atoms with Crippen LogP contribution in [0.3, 0.4) is 0 Å². The van der Waals surface area contributed by atoms with E-state index >= 15 is 0 Å². The van der Waals surface area contributed by atoms with Crippen LogP contribution in [-0.2, 0) is 23.8 Å². The van der Waals surface area contributed by atoms with Crippen LogP contribution in [0.5, 0.6) is 0 Å². The van der Waals surface area contributed by atoms with Gasteiger partial charge in [-0.1, -0.05) is 0 Å². The number of hydrogen-bond acceptors (Lipinski definition) is 5. The summed E-state index contributed by atoms with van der Waals surface area (Å²) in [7, 11) is 0. The number of carbonyl (C=O) groups excluding carboxylic acids is 2. The molecule has 3 aliphatic heterocycles. The number of ether oxygens (including phenoxy) is 3. The maximum atomic E-state index is 12.7. The topological polar surface area (TPSA) is 95.8 Å². The fourth-order valence-electron chi connectivity index (χ4n) is 5.51. The molecule has 7 unspecified atom stereocenters. The molecule has 2 N–H and O–H groups in total. The van der Waals surface area contributed by atoms with Crippen LogP contribution in [0.15, 0.2) is 0 Å². The minimum absolute atomic E-state index is 0.0263. The van der Waals surface area contributed by atoms with Crippen LogP contribution in [-0.4, -0.2) is 60.0 Å². The zero-order valence-electron chi connectivity index (χ0n) is 19.1. The van der Waals surface area contributed by atoms with Crippen molar-refractivity contribution < 1.29 is 23.8 Å². The molecular weight excluding hydrogens is 384 g/mol. The van der Waals surface area contributed by atoms with Crippen molar-refractivity contribution in [3.63, 3.8) is 0 Å². The third-order valence-electron chi connectivity index (χ3n) is 7.73. The number of amides is 2. The molecule has 0 aromatic rings. The summed E-state index contributed by atoms with van der Waals surface area (Å²) in [4.78, 5) is 25.2. The molecule has 170 valence electrons. The lowest BCUT2D eigenvalue weighted by atomic mass is 9.71. The predicted octanol–water partition coefficient (Wildman–Crippen LogP) is 2.32. The zero-order valence-corrected chi connectivity index (χ0v) is 19.1. The van der Waals surface area contributed by atoms with Crippen molar-refractivity contribution in [2.75, 3.05) is 13.1 Å². The normalized spacial score (nSPS) is 42.8. The first kappa shape index (κ1) is 22.0. The van der Waals surface area contributed by atoms with E-state index in [0.29, 0.717) is 32.0 Å². The second-order valence-corrected chi connectivity index (χ2v) is 10.3. The molecule has 1 saturated carbocycles. The van der Waals surface area contributed by atoms with Gasteiger partial charge < -0.3 is 24.8 Å². The van der Waals surface area contributed by atoms with Crippen molar-refractivity contribution >= 4 is 11.8 Å². The van der Waals surface area contributed by atoms with Crippen LogP contribution in [0.4, 0.5) is 0 Å². The monoisotopic (exact) mass is 422 g/mol. The molecule has 4 aliphatic rings. The van der Waals surface area contributed by atoms with E-state index in [1.807, 2.05) is 13.8 Å². The van der Waals surface area contributed by atoms with Gasteiger partial charge in [-0.05, 0) is 73.1 Å². The summed E-state index contributed by atoms with van der Waals surface area (Å²) in [6.07, 6.45) is 5.84. The van der Waals surface area contributed by atoms with Crippen LogP contribution >= 0.6 is 0 Å². The second-order valence-electron chi connectivity index (χ2n) is 10.3. The van der Waals surface area contributed by atoms with Gasteiger partial charge in [-0.25, -0.2) is 0 Å². The van der Waals surface area contributed by atoms with E-state index in [2.05, 4.69) is 31.4 Å². The van der Waals surface area contributed by atoms with Gasteiger partial charge in [-0.3, -0.25) is 9.59 Å². The van der Waals surface area contributed by atoms with Gasteiger partial charge in [0, 0.05) is 13.1 Å². The Morgan fingerprint density at radius 3 is 2.07 bits per heavy atom. The molecule has 30 heavy (non-hydrogen) atoms. The van der Waals surface area contributed by atoms with Crippen molar-refractivity contribution in [2.24, 2.45) is 11.8 Å². The van der Waals surface area contributed by atoms with E-state index < -0.39 is 0 Å². The largest absolute Gasteiger partial charge is 0.367 e. The fourth-order valence-corrected chi connectivity index (χ4v) is 5.51. The third-order valence-corrected chi connectivity index (χ3v) is 7.73. The molecule has 4 fully saturated rings. The Kier molecular flexibility index (Phi) is 5.69. The quantitative estimate of drug-likeness (QED) is 0.527. The number of hydrogen-bond donors (Lipinski definition) is 2. The lowest BCUT2D eigenvalue weighted by molar-refractivity contribution is -0.136. The molecular formula is C23H38N2O5. The molecule has 3 heterocycles. The Morgan fingerprint density at radius 1 is 0.867 bits per heavy atom. The van der Waals surface area contributed by atoms with E-state index in [1.54, 1.807) is 0 Å². The van der Waals surface area contributed by atoms with Crippen molar-refractivity contribution in [1.29, 1.82) is 0 Å². The smallest absolute Gasteiger partial charge is 0.224 e. The number of nitrogens with one attached hydrogen (secondary N) is 2. The molecule has 0 aromatic heterocycles. The van der Waals surface area contributed by atoms with Gasteiger partial charge in [0.25, 0.3) is 0 Å². The average Bonchev–Trinajstić information content (AvgIpc) is 3.61. The Bertz CT molecular complexity index is 697. The highest BCUT2D eigenvalue weighted by atomic mass is 16.6. The van der Waals surface area contributed by atoms with E-state index in [1.165, 1.54) is 0 Å². The lowest BCUT2D eigenvalue weighted by Gasteiger charge is -2.31. The second kappa shape index (κ2) is 7.75. The van der Waals surface area contributed by atoms with Gasteiger partial charge in [0.2, 0.25) is 11.8 Å². The Labute approximate surface area is 180 Å². The van der Waals surface area contributed by atoms with Gasteiger partial charge >= 0.3 is 0 Å². The maximum Gasteiger partial charge on any atom is 0.224 e. The van der Waals surface area contributed by atoms with Crippen molar-refractivity contribution in [3.05, 3.63) is 0 Å². The van der Waals surface area contributed by atoms with Gasteiger partial charge in [0.15, 0.2) is 0 Å². The molecule has 3 saturated heterocycles. The molecule has 1 aliphatic carbocycles. The Hall–Kier alpha value is -1.18. The number of fused-ring (bicyclic) bond motifs is 1. The van der Waals surface area contributed by atoms with Crippen LogP contribution in [0.1, 0.15) is 73.1 Å². The first-order valence-corrected chi connectivity index (χ1v) is 11.7. The van der Waals surface area contributed by atoms with Gasteiger partial charge in [0.1, 0.15) is 0 Å². The SMILES string of the molecule is CCNC(=O)C1CC2OC2(CCC2OC2(C)CCC2OC2(C)C)CC1C(=O)NCC. The first-order valence-electron chi connectivity index (χ1n) is 11.7. The summed E-state index contributed by atoms with van der Waals surface area (Å²) in [6, 6.07) is 0. The van der Waals surface area contributed by atoms with E-state index in [9.17, 15) is 9.59 Å². The predicted molar refractivity (Wildman–Crippen MR) is 112 cm³/mol. The molecule has 0 aromatic carbocycles. The average molecular weight is 423 g/mol. The molecule has 4 rings (SSSR count). The molecule has 7 heteroatoms. The highest BCUT2D eigenvalue weighted by Crippen LogP contribution is 2.56. The maximum absolute atomic E-state index is 12.7.